The van der Waals surface area contributed by atoms with Gasteiger partial charge in [0.25, 0.3) is 0 Å². The first-order chi connectivity index (χ1) is 9.52. The van der Waals surface area contributed by atoms with Crippen molar-refractivity contribution in [1.82, 2.24) is 4.98 Å². The second-order valence-corrected chi connectivity index (χ2v) is 5.59. The molecule has 1 aliphatic rings. The van der Waals surface area contributed by atoms with Crippen LogP contribution in [0.2, 0.25) is 0 Å². The van der Waals surface area contributed by atoms with Crippen LogP contribution in [-0.4, -0.2) is 42.1 Å². The molecule has 2 unspecified atom stereocenters. The van der Waals surface area contributed by atoms with Crippen molar-refractivity contribution in [2.45, 2.75) is 39.3 Å². The molecule has 1 N–H and O–H groups in total. The van der Waals surface area contributed by atoms with E-state index >= 15 is 0 Å². The van der Waals surface area contributed by atoms with E-state index in [1.807, 2.05) is 6.92 Å². The van der Waals surface area contributed by atoms with E-state index in [1.165, 1.54) is 18.3 Å². The predicted octanol–water partition coefficient (Wildman–Crippen LogP) is 2.11. The minimum absolute atomic E-state index is 0.0886. The molecule has 1 fully saturated rings. The van der Waals surface area contributed by atoms with E-state index in [9.17, 15) is 9.59 Å². The molecule has 1 saturated heterocycles. The molecule has 0 radical (unpaired) electrons. The fraction of sp³-hybridized carbons (Fsp3) is 0.615. The molecule has 0 spiro atoms. The van der Waals surface area contributed by atoms with Crippen LogP contribution in [0.25, 0.3) is 0 Å². The summed E-state index contributed by atoms with van der Waals surface area (Å²) in [5.41, 5.74) is 0.0958. The van der Waals surface area contributed by atoms with Gasteiger partial charge in [0.2, 0.25) is 0 Å². The molecule has 0 aliphatic carbocycles. The molecule has 2 heterocycles. The first-order valence-corrected chi connectivity index (χ1v) is 7.41. The Morgan fingerprint density at radius 3 is 2.85 bits per heavy atom. The quantitative estimate of drug-likeness (QED) is 0.662. The molecular formula is C13H18N2O4S. The monoisotopic (exact) mass is 298 g/mol. The third-order valence-corrected chi connectivity index (χ3v) is 4.19. The summed E-state index contributed by atoms with van der Waals surface area (Å²) in [4.78, 5) is 27.9. The molecule has 0 aromatic carbocycles. The van der Waals surface area contributed by atoms with Crippen molar-refractivity contribution in [3.63, 3.8) is 0 Å². The van der Waals surface area contributed by atoms with Gasteiger partial charge in [-0.3, -0.25) is 4.79 Å². The lowest BCUT2D eigenvalue weighted by Gasteiger charge is -2.14. The van der Waals surface area contributed by atoms with Crippen molar-refractivity contribution in [2.24, 2.45) is 0 Å². The van der Waals surface area contributed by atoms with Gasteiger partial charge in [-0.25, -0.2) is 9.78 Å². The summed E-state index contributed by atoms with van der Waals surface area (Å²) in [7, 11) is 0. The van der Waals surface area contributed by atoms with E-state index in [0.717, 1.165) is 6.42 Å². The van der Waals surface area contributed by atoms with E-state index in [1.54, 1.807) is 6.92 Å². The number of nitrogens with zero attached hydrogens (tertiary/aromatic N) is 1. The topological polar surface area (TPSA) is 77.5 Å². The third-order valence-electron chi connectivity index (χ3n) is 3.10. The number of hydrogen-bond acceptors (Lipinski definition) is 7. The normalized spacial score (nSPS) is 21.8. The van der Waals surface area contributed by atoms with Crippen LogP contribution in [0.5, 0.6) is 0 Å². The van der Waals surface area contributed by atoms with E-state index < -0.39 is 5.97 Å². The first kappa shape index (κ1) is 14.9. The van der Waals surface area contributed by atoms with Crippen molar-refractivity contribution < 1.29 is 19.1 Å². The standard InChI is InChI=1S/C13H18N2O4S/c1-4-18-12(17)10-11(7(2)16)20-13(15-10)14-9-5-6-19-8(9)3/h8-9H,4-6H2,1-3H3,(H,14,15). The smallest absolute Gasteiger partial charge is 0.358 e. The van der Waals surface area contributed by atoms with Gasteiger partial charge < -0.3 is 14.8 Å². The highest BCUT2D eigenvalue weighted by Crippen LogP contribution is 2.27. The number of hydrogen-bond donors (Lipinski definition) is 1. The van der Waals surface area contributed by atoms with Crippen LogP contribution in [0, 0.1) is 0 Å². The number of aromatic nitrogens is 1. The maximum absolute atomic E-state index is 11.8. The van der Waals surface area contributed by atoms with Crippen LogP contribution in [-0.2, 0) is 9.47 Å². The Hall–Kier alpha value is -1.47. The fourth-order valence-electron chi connectivity index (χ4n) is 2.04. The van der Waals surface area contributed by atoms with Gasteiger partial charge in [-0.05, 0) is 20.3 Å². The van der Waals surface area contributed by atoms with Crippen molar-refractivity contribution in [3.05, 3.63) is 10.6 Å². The number of esters is 1. The molecule has 0 saturated carbocycles. The number of ketones is 1. The Morgan fingerprint density at radius 2 is 2.30 bits per heavy atom. The zero-order valence-corrected chi connectivity index (χ0v) is 12.6. The van der Waals surface area contributed by atoms with Gasteiger partial charge in [-0.2, -0.15) is 0 Å². The van der Waals surface area contributed by atoms with Gasteiger partial charge in [0.15, 0.2) is 16.6 Å². The fourth-order valence-corrected chi connectivity index (χ4v) is 2.95. The van der Waals surface area contributed by atoms with Gasteiger partial charge in [0, 0.05) is 13.5 Å². The predicted molar refractivity (Wildman–Crippen MR) is 75.5 cm³/mol. The number of carbonyl (C=O) groups is 2. The van der Waals surface area contributed by atoms with Crippen LogP contribution in [0.15, 0.2) is 0 Å². The summed E-state index contributed by atoms with van der Waals surface area (Å²) in [6, 6.07) is 0.149. The number of thiazole rings is 1. The number of ether oxygens (including phenoxy) is 2. The van der Waals surface area contributed by atoms with Gasteiger partial charge in [-0.15, -0.1) is 0 Å². The Bertz CT molecular complexity index is 514. The summed E-state index contributed by atoms with van der Waals surface area (Å²) < 4.78 is 10.4. The van der Waals surface area contributed by atoms with Crippen molar-refractivity contribution in [1.29, 1.82) is 0 Å². The lowest BCUT2D eigenvalue weighted by Crippen LogP contribution is -2.26. The van der Waals surface area contributed by atoms with Gasteiger partial charge >= 0.3 is 5.97 Å². The van der Waals surface area contributed by atoms with Crippen molar-refractivity contribution in [3.8, 4) is 0 Å². The lowest BCUT2D eigenvalue weighted by molar-refractivity contribution is 0.0517. The van der Waals surface area contributed by atoms with Gasteiger partial charge in [0.1, 0.15) is 4.88 Å². The maximum atomic E-state index is 11.8. The number of nitrogens with one attached hydrogen (secondary N) is 1. The van der Waals surface area contributed by atoms with Crippen LogP contribution in [0.1, 0.15) is 47.4 Å². The van der Waals surface area contributed by atoms with Crippen LogP contribution < -0.4 is 5.32 Å². The third kappa shape index (κ3) is 3.16. The van der Waals surface area contributed by atoms with Gasteiger partial charge in [0.05, 0.1) is 18.8 Å². The molecule has 1 aromatic rings. The van der Waals surface area contributed by atoms with Crippen molar-refractivity contribution >= 4 is 28.2 Å². The summed E-state index contributed by atoms with van der Waals surface area (Å²) in [5, 5.41) is 3.78. The Morgan fingerprint density at radius 1 is 1.55 bits per heavy atom. The van der Waals surface area contributed by atoms with Gasteiger partial charge in [-0.1, -0.05) is 11.3 Å². The molecule has 6 nitrogen and oxygen atoms in total. The summed E-state index contributed by atoms with van der Waals surface area (Å²) in [6.07, 6.45) is 0.968. The first-order valence-electron chi connectivity index (χ1n) is 6.60. The van der Waals surface area contributed by atoms with Crippen LogP contribution in [0.3, 0.4) is 0 Å². The number of Topliss-reactive ketones (excluding diaryl/α,β-unsaturated/α-hetero) is 1. The van der Waals surface area contributed by atoms with E-state index in [2.05, 4.69) is 10.3 Å². The SMILES string of the molecule is CCOC(=O)c1nc(NC2CCOC2C)sc1C(C)=O. The van der Waals surface area contributed by atoms with E-state index in [0.29, 0.717) is 16.6 Å². The molecule has 110 valence electrons. The maximum Gasteiger partial charge on any atom is 0.358 e. The highest BCUT2D eigenvalue weighted by atomic mass is 32.1. The zero-order valence-electron chi connectivity index (χ0n) is 11.8. The summed E-state index contributed by atoms with van der Waals surface area (Å²) in [6.45, 7) is 6.07. The van der Waals surface area contributed by atoms with E-state index in [-0.39, 0.29) is 30.2 Å². The Kier molecular flexibility index (Phi) is 4.72. The minimum Gasteiger partial charge on any atom is -0.461 e. The minimum atomic E-state index is -0.558. The summed E-state index contributed by atoms with van der Waals surface area (Å²) in [5.74, 6) is -0.743. The second kappa shape index (κ2) is 6.32. The average Bonchev–Trinajstić information content (AvgIpc) is 2.98. The summed E-state index contributed by atoms with van der Waals surface area (Å²) >= 11 is 1.18. The highest BCUT2D eigenvalue weighted by Gasteiger charge is 2.27. The largest absolute Gasteiger partial charge is 0.461 e. The second-order valence-electron chi connectivity index (χ2n) is 4.59. The highest BCUT2D eigenvalue weighted by molar-refractivity contribution is 7.17. The molecule has 7 heteroatoms. The molecular weight excluding hydrogens is 280 g/mol. The lowest BCUT2D eigenvalue weighted by atomic mass is 10.2. The molecule has 2 atom stereocenters. The van der Waals surface area contributed by atoms with Crippen molar-refractivity contribution in [2.75, 3.05) is 18.5 Å². The Balaban J connectivity index is 2.20. The molecule has 1 aliphatic heterocycles. The molecule has 0 bridgehead atoms. The molecule has 2 rings (SSSR count). The molecule has 1 aromatic heterocycles. The number of carbonyl (C=O) groups excluding carboxylic acids is 2. The molecule has 0 amide bonds. The van der Waals surface area contributed by atoms with Crippen LogP contribution >= 0.6 is 11.3 Å². The van der Waals surface area contributed by atoms with Crippen LogP contribution in [0.4, 0.5) is 5.13 Å². The molecule has 20 heavy (non-hydrogen) atoms. The number of anilines is 1. The van der Waals surface area contributed by atoms with E-state index in [4.69, 9.17) is 9.47 Å². The number of rotatable bonds is 5. The average molecular weight is 298 g/mol. The Labute approximate surface area is 121 Å². The zero-order chi connectivity index (χ0) is 14.7.